The van der Waals surface area contributed by atoms with Crippen molar-refractivity contribution < 1.29 is 9.53 Å². The van der Waals surface area contributed by atoms with Crippen molar-refractivity contribution in [1.29, 1.82) is 0 Å². The number of rotatable bonds is 6. The van der Waals surface area contributed by atoms with Crippen LogP contribution < -0.4 is 0 Å². The van der Waals surface area contributed by atoms with Crippen LogP contribution >= 0.6 is 11.6 Å². The Morgan fingerprint density at radius 2 is 1.68 bits per heavy atom. The second kappa shape index (κ2) is 9.34. The number of halogens is 1. The van der Waals surface area contributed by atoms with Gasteiger partial charge in [0.25, 0.3) is 5.91 Å². The molecule has 0 N–H and O–H groups in total. The first-order valence-corrected chi connectivity index (χ1v) is 12.0. The number of carbonyl (C=O) groups excluding carboxylic acids is 1. The predicted molar refractivity (Wildman–Crippen MR) is 126 cm³/mol. The molecule has 0 aromatic heterocycles. The van der Waals surface area contributed by atoms with Gasteiger partial charge in [0.1, 0.15) is 0 Å². The summed E-state index contributed by atoms with van der Waals surface area (Å²) in [6.07, 6.45) is 3.09. The van der Waals surface area contributed by atoms with Crippen molar-refractivity contribution in [2.75, 3.05) is 0 Å². The highest BCUT2D eigenvalue weighted by Crippen LogP contribution is 2.47. The van der Waals surface area contributed by atoms with Gasteiger partial charge in [-0.3, -0.25) is 4.79 Å². The van der Waals surface area contributed by atoms with E-state index in [-0.39, 0.29) is 24.1 Å². The zero-order valence-corrected chi connectivity index (χ0v) is 19.8. The third-order valence-electron chi connectivity index (χ3n) is 7.29. The van der Waals surface area contributed by atoms with Crippen molar-refractivity contribution in [1.82, 2.24) is 4.90 Å². The standard InChI is InChI=1S/C27H34ClNO2/c1-17(2)21-15-14-18(3)16-24(21)31-26-25(22-12-8-9-13-23(22)28)29(27(26)30)19(4)20-10-6-5-7-11-20/h5-13,17-19,21,24-26H,14-16H2,1-4H3/t18-,19+,21+,24-,25-,26+/m1/s1. The minimum absolute atomic E-state index is 0.0407. The Morgan fingerprint density at radius 3 is 2.35 bits per heavy atom. The molecule has 1 aliphatic heterocycles. The lowest BCUT2D eigenvalue weighted by atomic mass is 9.75. The summed E-state index contributed by atoms with van der Waals surface area (Å²) >= 11 is 6.61. The lowest BCUT2D eigenvalue weighted by molar-refractivity contribution is -0.196. The highest BCUT2D eigenvalue weighted by atomic mass is 35.5. The van der Waals surface area contributed by atoms with E-state index < -0.39 is 6.10 Å². The van der Waals surface area contributed by atoms with E-state index in [4.69, 9.17) is 16.3 Å². The average Bonchev–Trinajstić information content (AvgIpc) is 2.76. The topological polar surface area (TPSA) is 29.5 Å². The number of benzene rings is 2. The lowest BCUT2D eigenvalue weighted by Crippen LogP contribution is -2.62. The molecule has 1 heterocycles. The van der Waals surface area contributed by atoms with Crippen LogP contribution in [-0.2, 0) is 9.53 Å². The molecule has 4 rings (SSSR count). The Kier molecular flexibility index (Phi) is 6.74. The average molecular weight is 440 g/mol. The number of β-lactam (4-membered cyclic amide) rings is 1. The van der Waals surface area contributed by atoms with Crippen LogP contribution in [0, 0.1) is 17.8 Å². The van der Waals surface area contributed by atoms with Crippen LogP contribution in [0.1, 0.15) is 70.2 Å². The summed E-state index contributed by atoms with van der Waals surface area (Å²) in [6.45, 7) is 8.93. The van der Waals surface area contributed by atoms with Crippen molar-refractivity contribution in [2.24, 2.45) is 17.8 Å². The lowest BCUT2D eigenvalue weighted by Gasteiger charge is -2.52. The summed E-state index contributed by atoms with van der Waals surface area (Å²) in [5, 5.41) is 0.691. The molecule has 6 atom stereocenters. The molecule has 31 heavy (non-hydrogen) atoms. The smallest absolute Gasteiger partial charge is 0.255 e. The van der Waals surface area contributed by atoms with Crippen LogP contribution in [0.3, 0.4) is 0 Å². The number of hydrogen-bond donors (Lipinski definition) is 0. The molecule has 1 amide bonds. The molecule has 0 bridgehead atoms. The fraction of sp³-hybridized carbons (Fsp3) is 0.519. The molecule has 2 aromatic rings. The van der Waals surface area contributed by atoms with Gasteiger partial charge < -0.3 is 9.64 Å². The van der Waals surface area contributed by atoms with Gasteiger partial charge in [-0.2, -0.15) is 0 Å². The van der Waals surface area contributed by atoms with Crippen LogP contribution in [0.5, 0.6) is 0 Å². The SMILES string of the molecule is CC(C)[C@@H]1CC[C@@H](C)C[C@H]1O[C@@H]1C(=O)N([C@@H](C)c2ccccc2)[C@@H]1c1ccccc1Cl. The van der Waals surface area contributed by atoms with Crippen molar-refractivity contribution >= 4 is 17.5 Å². The molecule has 0 radical (unpaired) electrons. The fourth-order valence-corrected chi connectivity index (χ4v) is 5.67. The van der Waals surface area contributed by atoms with Crippen LogP contribution in [0.2, 0.25) is 5.02 Å². The Morgan fingerprint density at radius 1 is 1.00 bits per heavy atom. The van der Waals surface area contributed by atoms with Crippen LogP contribution in [-0.4, -0.2) is 23.0 Å². The van der Waals surface area contributed by atoms with E-state index in [0.29, 0.717) is 22.8 Å². The van der Waals surface area contributed by atoms with Gasteiger partial charge >= 0.3 is 0 Å². The number of carbonyl (C=O) groups is 1. The number of likely N-dealkylation sites (tertiary alicyclic amines) is 1. The highest BCUT2D eigenvalue weighted by Gasteiger charge is 2.53. The van der Waals surface area contributed by atoms with Crippen molar-refractivity contribution in [2.45, 2.75) is 71.2 Å². The van der Waals surface area contributed by atoms with Crippen LogP contribution in [0.15, 0.2) is 54.6 Å². The third kappa shape index (κ3) is 4.40. The van der Waals surface area contributed by atoms with E-state index in [0.717, 1.165) is 17.5 Å². The molecule has 166 valence electrons. The first-order valence-electron chi connectivity index (χ1n) is 11.7. The van der Waals surface area contributed by atoms with Crippen molar-refractivity contribution in [3.05, 3.63) is 70.7 Å². The minimum Gasteiger partial charge on any atom is -0.362 e. The Hall–Kier alpha value is -1.84. The van der Waals surface area contributed by atoms with Gasteiger partial charge in [0.05, 0.1) is 18.2 Å². The zero-order chi connectivity index (χ0) is 22.1. The number of ether oxygens (including phenoxy) is 1. The van der Waals surface area contributed by atoms with Crippen molar-refractivity contribution in [3.8, 4) is 0 Å². The Bertz CT molecular complexity index is 899. The molecule has 0 unspecified atom stereocenters. The molecule has 0 spiro atoms. The fourth-order valence-electron chi connectivity index (χ4n) is 5.43. The molecule has 1 saturated heterocycles. The first-order chi connectivity index (χ1) is 14.9. The van der Waals surface area contributed by atoms with Gasteiger partial charge in [-0.1, -0.05) is 87.3 Å². The summed E-state index contributed by atoms with van der Waals surface area (Å²) < 4.78 is 6.67. The van der Waals surface area contributed by atoms with E-state index in [2.05, 4.69) is 39.8 Å². The summed E-state index contributed by atoms with van der Waals surface area (Å²) in [7, 11) is 0. The maximum atomic E-state index is 13.5. The third-order valence-corrected chi connectivity index (χ3v) is 7.63. The Balaban J connectivity index is 1.64. The summed E-state index contributed by atoms with van der Waals surface area (Å²) in [5.41, 5.74) is 2.10. The first kappa shape index (κ1) is 22.4. The largest absolute Gasteiger partial charge is 0.362 e. The second-order valence-electron chi connectivity index (χ2n) is 9.72. The molecule has 1 aliphatic carbocycles. The quantitative estimate of drug-likeness (QED) is 0.461. The molecule has 2 fully saturated rings. The normalized spacial score (nSPS) is 29.7. The molecule has 2 aromatic carbocycles. The van der Waals surface area contributed by atoms with Gasteiger partial charge in [0, 0.05) is 5.02 Å². The van der Waals surface area contributed by atoms with E-state index in [9.17, 15) is 4.79 Å². The maximum absolute atomic E-state index is 13.5. The monoisotopic (exact) mass is 439 g/mol. The molecule has 4 heteroatoms. The van der Waals surface area contributed by atoms with Gasteiger partial charge in [-0.25, -0.2) is 0 Å². The van der Waals surface area contributed by atoms with E-state index in [1.807, 2.05) is 47.4 Å². The van der Waals surface area contributed by atoms with Crippen LogP contribution in [0.25, 0.3) is 0 Å². The summed E-state index contributed by atoms with van der Waals surface area (Å²) in [6, 6.07) is 17.9. The van der Waals surface area contributed by atoms with Gasteiger partial charge in [-0.05, 0) is 54.7 Å². The maximum Gasteiger partial charge on any atom is 0.255 e. The van der Waals surface area contributed by atoms with E-state index in [1.165, 1.54) is 12.8 Å². The predicted octanol–water partition coefficient (Wildman–Crippen LogP) is 6.83. The van der Waals surface area contributed by atoms with Crippen molar-refractivity contribution in [3.63, 3.8) is 0 Å². The molecular weight excluding hydrogens is 406 g/mol. The highest BCUT2D eigenvalue weighted by molar-refractivity contribution is 6.31. The molecule has 1 saturated carbocycles. The zero-order valence-electron chi connectivity index (χ0n) is 19.0. The number of hydrogen-bond acceptors (Lipinski definition) is 2. The molecule has 3 nitrogen and oxygen atoms in total. The molecule has 2 aliphatic rings. The number of nitrogens with zero attached hydrogens (tertiary/aromatic N) is 1. The van der Waals surface area contributed by atoms with E-state index in [1.54, 1.807) is 0 Å². The van der Waals surface area contributed by atoms with E-state index >= 15 is 0 Å². The second-order valence-corrected chi connectivity index (χ2v) is 10.1. The summed E-state index contributed by atoms with van der Waals surface area (Å²) in [5.74, 6) is 1.75. The minimum atomic E-state index is -0.470. The van der Waals surface area contributed by atoms with Crippen LogP contribution in [0.4, 0.5) is 0 Å². The van der Waals surface area contributed by atoms with Gasteiger partial charge in [-0.15, -0.1) is 0 Å². The Labute approximate surface area is 191 Å². The summed E-state index contributed by atoms with van der Waals surface area (Å²) in [4.78, 5) is 15.4. The van der Waals surface area contributed by atoms with Gasteiger partial charge in [0.2, 0.25) is 0 Å². The van der Waals surface area contributed by atoms with Gasteiger partial charge in [0.15, 0.2) is 6.10 Å². The molecular formula is C27H34ClNO2. The number of amides is 1.